The van der Waals surface area contributed by atoms with Crippen LogP contribution in [0.1, 0.15) is 5.69 Å². The third kappa shape index (κ3) is 2.89. The maximum atomic E-state index is 12.1. The number of aromatic nitrogens is 3. The van der Waals surface area contributed by atoms with Crippen molar-refractivity contribution in [1.82, 2.24) is 15.0 Å². The number of nitrogens with one attached hydrogen (secondary N) is 2. The second kappa shape index (κ2) is 5.08. The van der Waals surface area contributed by atoms with Gasteiger partial charge in [0.2, 0.25) is 0 Å². The predicted molar refractivity (Wildman–Crippen MR) is 72.5 cm³/mol. The van der Waals surface area contributed by atoms with Crippen LogP contribution in [0, 0.1) is 6.92 Å². The second-order valence-electron chi connectivity index (χ2n) is 3.36. The molecule has 2 rings (SSSR count). The Hall–Kier alpha value is -1.16. The molecule has 0 amide bonds. The number of hydrogen-bond donors (Lipinski definition) is 2. The number of sulfonamides is 1. The lowest BCUT2D eigenvalue weighted by molar-refractivity contribution is 0.602. The van der Waals surface area contributed by atoms with Gasteiger partial charge in [-0.1, -0.05) is 34.5 Å². The van der Waals surface area contributed by atoms with Crippen LogP contribution in [-0.2, 0) is 10.0 Å². The first kappa shape index (κ1) is 14.3. The highest BCUT2D eigenvalue weighted by atomic mass is 35.5. The van der Waals surface area contributed by atoms with Crippen LogP contribution in [0.4, 0.5) is 5.82 Å². The number of halogens is 2. The first-order valence-electron chi connectivity index (χ1n) is 4.70. The molecule has 2 aromatic heterocycles. The Bertz CT molecular complexity index is 784. The summed E-state index contributed by atoms with van der Waals surface area (Å²) in [6.07, 6.45) is 1.07. The van der Waals surface area contributed by atoms with Crippen LogP contribution < -0.4 is 9.60 Å². The van der Waals surface area contributed by atoms with E-state index in [1.165, 1.54) is 6.92 Å². The number of hydrogen-bond acceptors (Lipinski definition) is 6. The Morgan fingerprint density at radius 3 is 2.63 bits per heavy atom. The van der Waals surface area contributed by atoms with E-state index in [0.717, 1.165) is 6.33 Å². The van der Waals surface area contributed by atoms with E-state index in [-0.39, 0.29) is 25.9 Å². The number of aromatic amines is 1. The van der Waals surface area contributed by atoms with Gasteiger partial charge in [0.25, 0.3) is 10.0 Å². The van der Waals surface area contributed by atoms with Gasteiger partial charge in [0.05, 0.1) is 0 Å². The molecule has 11 heteroatoms. The molecule has 2 aromatic rings. The molecule has 0 unspecified atom stereocenters. The average Bonchev–Trinajstić information content (AvgIpc) is 2.65. The van der Waals surface area contributed by atoms with Gasteiger partial charge in [0.1, 0.15) is 11.3 Å². The summed E-state index contributed by atoms with van der Waals surface area (Å²) >= 11 is 12.0. The molecule has 0 aliphatic rings. The molecule has 102 valence electrons. The summed E-state index contributed by atoms with van der Waals surface area (Å²) in [7, 11) is -3.96. The fourth-order valence-electron chi connectivity index (χ4n) is 1.24. The van der Waals surface area contributed by atoms with Crippen molar-refractivity contribution in [3.8, 4) is 0 Å². The lowest BCUT2D eigenvalue weighted by Gasteiger charge is -2.07. The fraction of sp³-hybridized carbons (Fsp3) is 0.125. The van der Waals surface area contributed by atoms with E-state index < -0.39 is 14.9 Å². The van der Waals surface area contributed by atoms with Gasteiger partial charge >= 0.3 is 4.87 Å². The monoisotopic (exact) mass is 340 g/mol. The highest BCUT2D eigenvalue weighted by molar-refractivity contribution is 7.94. The number of rotatable bonds is 3. The van der Waals surface area contributed by atoms with E-state index in [0.29, 0.717) is 11.3 Å². The van der Waals surface area contributed by atoms with Crippen molar-refractivity contribution >= 4 is 50.4 Å². The van der Waals surface area contributed by atoms with Crippen LogP contribution >= 0.6 is 34.5 Å². The van der Waals surface area contributed by atoms with Crippen LogP contribution in [-0.4, -0.2) is 23.4 Å². The Labute approximate surface area is 121 Å². The first-order valence-corrected chi connectivity index (χ1v) is 7.75. The zero-order valence-corrected chi connectivity index (χ0v) is 12.4. The molecule has 19 heavy (non-hydrogen) atoms. The number of anilines is 1. The number of thiazole rings is 1. The van der Waals surface area contributed by atoms with Crippen molar-refractivity contribution in [3.05, 3.63) is 31.9 Å². The van der Waals surface area contributed by atoms with Crippen molar-refractivity contribution in [2.75, 3.05) is 4.72 Å². The summed E-state index contributed by atoms with van der Waals surface area (Å²) in [6.45, 7) is 1.47. The largest absolute Gasteiger partial charge is 0.315 e. The van der Waals surface area contributed by atoms with Gasteiger partial charge in [-0.25, -0.2) is 18.4 Å². The van der Waals surface area contributed by atoms with Crippen LogP contribution in [0.5, 0.6) is 0 Å². The molecule has 0 fully saturated rings. The van der Waals surface area contributed by atoms with Crippen LogP contribution in [0.3, 0.4) is 0 Å². The summed E-state index contributed by atoms with van der Waals surface area (Å²) < 4.78 is 26.2. The standard InChI is InChI=1S/C8H6Cl2N4O3S2/c1-3-7(18-8(15)13-3)19(16,17)14-6-4(9)5(10)11-2-12-6/h2H,1H3,(H,13,15)(H,11,12,14). The molecule has 0 bridgehead atoms. The highest BCUT2D eigenvalue weighted by Gasteiger charge is 2.23. The number of aryl methyl sites for hydroxylation is 1. The Balaban J connectivity index is 2.45. The predicted octanol–water partition coefficient (Wildman–Crippen LogP) is 1.64. The molecule has 7 nitrogen and oxygen atoms in total. The molecular formula is C8H6Cl2N4O3S2. The topological polar surface area (TPSA) is 105 Å². The van der Waals surface area contributed by atoms with Crippen molar-refractivity contribution in [2.45, 2.75) is 11.1 Å². The molecule has 0 aromatic carbocycles. The van der Waals surface area contributed by atoms with Crippen molar-refractivity contribution in [1.29, 1.82) is 0 Å². The third-order valence-corrected chi connectivity index (χ3v) is 5.69. The SMILES string of the molecule is Cc1[nH]c(=O)sc1S(=O)(=O)Nc1ncnc(Cl)c1Cl. The summed E-state index contributed by atoms with van der Waals surface area (Å²) in [5, 5.41) is -0.193. The highest BCUT2D eigenvalue weighted by Crippen LogP contribution is 2.28. The van der Waals surface area contributed by atoms with Gasteiger partial charge in [0.15, 0.2) is 15.2 Å². The molecular weight excluding hydrogens is 335 g/mol. The van der Waals surface area contributed by atoms with Gasteiger partial charge in [-0.3, -0.25) is 9.52 Å². The van der Waals surface area contributed by atoms with E-state index in [1.807, 2.05) is 0 Å². The summed E-state index contributed by atoms with van der Waals surface area (Å²) in [4.78, 5) is 20.3. The molecule has 0 saturated carbocycles. The maximum absolute atomic E-state index is 12.1. The second-order valence-corrected chi connectivity index (χ2v) is 6.96. The minimum Gasteiger partial charge on any atom is -0.315 e. The Morgan fingerprint density at radius 1 is 1.37 bits per heavy atom. The minimum absolute atomic E-state index is 0.0756. The maximum Gasteiger partial charge on any atom is 0.306 e. The van der Waals surface area contributed by atoms with Crippen LogP contribution in [0.2, 0.25) is 10.2 Å². The van der Waals surface area contributed by atoms with Gasteiger partial charge in [0, 0.05) is 5.69 Å². The normalized spacial score (nSPS) is 11.5. The molecule has 0 atom stereocenters. The van der Waals surface area contributed by atoms with Gasteiger partial charge in [-0.2, -0.15) is 0 Å². The average molecular weight is 341 g/mol. The van der Waals surface area contributed by atoms with Crippen LogP contribution in [0.25, 0.3) is 0 Å². The lowest BCUT2D eigenvalue weighted by Crippen LogP contribution is -2.14. The van der Waals surface area contributed by atoms with Gasteiger partial charge in [-0.05, 0) is 6.92 Å². The quantitative estimate of drug-likeness (QED) is 0.826. The van der Waals surface area contributed by atoms with E-state index >= 15 is 0 Å². The third-order valence-electron chi connectivity index (χ3n) is 2.00. The molecule has 2 N–H and O–H groups in total. The fourth-order valence-corrected chi connectivity index (χ4v) is 3.90. The first-order chi connectivity index (χ1) is 8.81. The minimum atomic E-state index is -3.96. The molecule has 0 spiro atoms. The molecule has 0 radical (unpaired) electrons. The van der Waals surface area contributed by atoms with Crippen molar-refractivity contribution in [3.63, 3.8) is 0 Å². The zero-order chi connectivity index (χ0) is 14.2. The number of H-pyrrole nitrogens is 1. The lowest BCUT2D eigenvalue weighted by atomic mass is 10.6. The van der Waals surface area contributed by atoms with Gasteiger partial charge < -0.3 is 4.98 Å². The smallest absolute Gasteiger partial charge is 0.306 e. The van der Waals surface area contributed by atoms with Crippen LogP contribution in [0.15, 0.2) is 15.3 Å². The zero-order valence-electron chi connectivity index (χ0n) is 9.27. The molecule has 0 aliphatic heterocycles. The van der Waals surface area contributed by atoms with Crippen molar-refractivity contribution < 1.29 is 8.42 Å². The van der Waals surface area contributed by atoms with Crippen molar-refractivity contribution in [2.24, 2.45) is 0 Å². The van der Waals surface area contributed by atoms with E-state index in [2.05, 4.69) is 19.7 Å². The Morgan fingerprint density at radius 2 is 2.05 bits per heavy atom. The summed E-state index contributed by atoms with van der Waals surface area (Å²) in [5.41, 5.74) is 0.235. The molecule has 2 heterocycles. The van der Waals surface area contributed by atoms with E-state index in [4.69, 9.17) is 23.2 Å². The summed E-state index contributed by atoms with van der Waals surface area (Å²) in [5.74, 6) is -0.151. The molecule has 0 aliphatic carbocycles. The number of nitrogens with zero attached hydrogens (tertiary/aromatic N) is 2. The Kier molecular flexibility index (Phi) is 3.81. The summed E-state index contributed by atoms with van der Waals surface area (Å²) in [6, 6.07) is 0. The molecule has 0 saturated heterocycles. The van der Waals surface area contributed by atoms with Gasteiger partial charge in [-0.15, -0.1) is 0 Å². The van der Waals surface area contributed by atoms with E-state index in [9.17, 15) is 13.2 Å². The van der Waals surface area contributed by atoms with E-state index in [1.54, 1.807) is 0 Å².